The molecular weight excluding hydrogens is 267 g/mol. The van der Waals surface area contributed by atoms with Crippen LogP contribution in [0, 0.1) is 11.7 Å². The molecule has 0 aliphatic rings. The fourth-order valence-electron chi connectivity index (χ4n) is 1.74. The molecule has 0 bridgehead atoms. The topological polar surface area (TPSA) is 42.7 Å². The highest BCUT2D eigenvalue weighted by atomic mass is 35.5. The Morgan fingerprint density at radius 1 is 1.42 bits per heavy atom. The second-order valence-corrected chi connectivity index (χ2v) is 5.09. The standard InChI is InChI=1S/C13H16ClFN4/c1-9(2)6-16-7-12-17-8-18-19(12)13-10(14)4-3-5-11(13)15/h3-5,8-9,16H,6-7H2,1-2H3. The average Bonchev–Trinajstić information content (AvgIpc) is 2.77. The van der Waals surface area contributed by atoms with Crippen LogP contribution < -0.4 is 5.32 Å². The number of nitrogens with zero attached hydrogens (tertiary/aromatic N) is 3. The molecule has 2 rings (SSSR count). The van der Waals surface area contributed by atoms with E-state index in [0.717, 1.165) is 6.54 Å². The van der Waals surface area contributed by atoms with Crippen LogP contribution in [-0.2, 0) is 6.54 Å². The molecule has 0 unspecified atom stereocenters. The Morgan fingerprint density at radius 2 is 2.21 bits per heavy atom. The number of hydrogen-bond donors (Lipinski definition) is 1. The number of aromatic nitrogens is 3. The van der Waals surface area contributed by atoms with Crippen LogP contribution in [0.3, 0.4) is 0 Å². The molecule has 1 N–H and O–H groups in total. The van der Waals surface area contributed by atoms with Crippen LogP contribution in [0.1, 0.15) is 19.7 Å². The van der Waals surface area contributed by atoms with Crippen molar-refractivity contribution in [3.63, 3.8) is 0 Å². The predicted octanol–water partition coefficient (Wildman–Crippen LogP) is 2.81. The van der Waals surface area contributed by atoms with E-state index in [4.69, 9.17) is 11.6 Å². The van der Waals surface area contributed by atoms with Gasteiger partial charge in [0.05, 0.1) is 11.6 Å². The van der Waals surface area contributed by atoms with E-state index in [1.54, 1.807) is 12.1 Å². The molecule has 1 heterocycles. The molecule has 6 heteroatoms. The van der Waals surface area contributed by atoms with E-state index in [-0.39, 0.29) is 5.69 Å². The van der Waals surface area contributed by atoms with Crippen LogP contribution in [0.4, 0.5) is 4.39 Å². The van der Waals surface area contributed by atoms with Crippen molar-refractivity contribution < 1.29 is 4.39 Å². The van der Waals surface area contributed by atoms with Gasteiger partial charge in [-0.25, -0.2) is 14.1 Å². The van der Waals surface area contributed by atoms with Gasteiger partial charge in [0, 0.05) is 0 Å². The number of para-hydroxylation sites is 1. The van der Waals surface area contributed by atoms with Gasteiger partial charge in [0.2, 0.25) is 0 Å². The number of benzene rings is 1. The summed E-state index contributed by atoms with van der Waals surface area (Å²) in [7, 11) is 0. The summed E-state index contributed by atoms with van der Waals surface area (Å²) >= 11 is 6.03. The van der Waals surface area contributed by atoms with E-state index < -0.39 is 5.82 Å². The Kier molecular flexibility index (Phi) is 4.50. The van der Waals surface area contributed by atoms with E-state index in [1.165, 1.54) is 17.1 Å². The molecule has 0 spiro atoms. The Balaban J connectivity index is 2.24. The van der Waals surface area contributed by atoms with Crippen LogP contribution in [-0.4, -0.2) is 21.3 Å². The van der Waals surface area contributed by atoms with E-state index >= 15 is 0 Å². The maximum Gasteiger partial charge on any atom is 0.150 e. The van der Waals surface area contributed by atoms with Gasteiger partial charge in [-0.2, -0.15) is 5.10 Å². The molecule has 0 saturated carbocycles. The molecule has 0 saturated heterocycles. The largest absolute Gasteiger partial charge is 0.310 e. The van der Waals surface area contributed by atoms with Crippen molar-refractivity contribution in [2.24, 2.45) is 5.92 Å². The van der Waals surface area contributed by atoms with Crippen molar-refractivity contribution in [1.29, 1.82) is 0 Å². The zero-order chi connectivity index (χ0) is 13.8. The molecule has 0 amide bonds. The van der Waals surface area contributed by atoms with Gasteiger partial charge < -0.3 is 5.32 Å². The molecule has 1 aromatic heterocycles. The monoisotopic (exact) mass is 282 g/mol. The van der Waals surface area contributed by atoms with E-state index in [2.05, 4.69) is 29.2 Å². The number of rotatable bonds is 5. The summed E-state index contributed by atoms with van der Waals surface area (Å²) in [4.78, 5) is 4.14. The first kappa shape index (κ1) is 14.0. The fraction of sp³-hybridized carbons (Fsp3) is 0.385. The summed E-state index contributed by atoms with van der Waals surface area (Å²) in [5.41, 5.74) is 0.239. The van der Waals surface area contributed by atoms with Crippen molar-refractivity contribution >= 4 is 11.6 Å². The molecule has 102 valence electrons. The molecule has 0 radical (unpaired) electrons. The number of nitrogens with one attached hydrogen (secondary N) is 1. The first-order chi connectivity index (χ1) is 9.09. The minimum atomic E-state index is -0.414. The van der Waals surface area contributed by atoms with Crippen molar-refractivity contribution in [3.05, 3.63) is 41.2 Å². The zero-order valence-corrected chi connectivity index (χ0v) is 11.7. The Labute approximate surface area is 116 Å². The Bertz CT molecular complexity index is 533. The summed E-state index contributed by atoms with van der Waals surface area (Å²) in [5.74, 6) is 0.754. The first-order valence-corrected chi connectivity index (χ1v) is 6.51. The Hall–Kier alpha value is -1.46. The normalized spacial score (nSPS) is 11.2. The highest BCUT2D eigenvalue weighted by Gasteiger charge is 2.14. The Morgan fingerprint density at radius 3 is 2.89 bits per heavy atom. The minimum Gasteiger partial charge on any atom is -0.310 e. The van der Waals surface area contributed by atoms with Gasteiger partial charge in [-0.1, -0.05) is 31.5 Å². The summed E-state index contributed by atoms with van der Waals surface area (Å²) < 4.78 is 15.3. The summed E-state index contributed by atoms with van der Waals surface area (Å²) in [5, 5.41) is 7.61. The van der Waals surface area contributed by atoms with Gasteiger partial charge in [-0.05, 0) is 24.6 Å². The van der Waals surface area contributed by atoms with Crippen LogP contribution in [0.15, 0.2) is 24.5 Å². The molecule has 0 fully saturated rings. The second kappa shape index (κ2) is 6.12. The van der Waals surface area contributed by atoms with E-state index in [0.29, 0.717) is 23.3 Å². The molecule has 0 aliphatic heterocycles. The van der Waals surface area contributed by atoms with E-state index in [9.17, 15) is 4.39 Å². The summed E-state index contributed by atoms with van der Waals surface area (Å²) in [6.45, 7) is 5.61. The third-order valence-electron chi connectivity index (χ3n) is 2.60. The predicted molar refractivity (Wildman–Crippen MR) is 72.9 cm³/mol. The molecule has 1 aromatic carbocycles. The van der Waals surface area contributed by atoms with Crippen molar-refractivity contribution in [1.82, 2.24) is 20.1 Å². The maximum atomic E-state index is 13.9. The minimum absolute atomic E-state index is 0.239. The summed E-state index contributed by atoms with van der Waals surface area (Å²) in [6, 6.07) is 4.55. The van der Waals surface area contributed by atoms with Crippen molar-refractivity contribution in [2.75, 3.05) is 6.54 Å². The van der Waals surface area contributed by atoms with Crippen LogP contribution >= 0.6 is 11.6 Å². The van der Waals surface area contributed by atoms with Crippen molar-refractivity contribution in [2.45, 2.75) is 20.4 Å². The number of hydrogen-bond acceptors (Lipinski definition) is 3. The molecular formula is C13H16ClFN4. The van der Waals surface area contributed by atoms with Gasteiger partial charge in [-0.3, -0.25) is 0 Å². The van der Waals surface area contributed by atoms with Gasteiger partial charge >= 0.3 is 0 Å². The van der Waals surface area contributed by atoms with Crippen LogP contribution in [0.5, 0.6) is 0 Å². The second-order valence-electron chi connectivity index (χ2n) is 4.68. The average molecular weight is 283 g/mol. The summed E-state index contributed by atoms with van der Waals surface area (Å²) in [6.07, 6.45) is 1.40. The smallest absolute Gasteiger partial charge is 0.150 e. The number of halogens is 2. The van der Waals surface area contributed by atoms with Crippen molar-refractivity contribution in [3.8, 4) is 5.69 Å². The van der Waals surface area contributed by atoms with Crippen LogP contribution in [0.2, 0.25) is 5.02 Å². The quantitative estimate of drug-likeness (QED) is 0.917. The SMILES string of the molecule is CC(C)CNCc1ncnn1-c1c(F)cccc1Cl. The third kappa shape index (κ3) is 3.30. The van der Waals surface area contributed by atoms with Gasteiger partial charge in [0.1, 0.15) is 23.7 Å². The lowest BCUT2D eigenvalue weighted by atomic mass is 10.2. The molecule has 4 nitrogen and oxygen atoms in total. The molecule has 0 aliphatic carbocycles. The highest BCUT2D eigenvalue weighted by molar-refractivity contribution is 6.32. The first-order valence-electron chi connectivity index (χ1n) is 6.13. The lowest BCUT2D eigenvalue weighted by molar-refractivity contribution is 0.534. The van der Waals surface area contributed by atoms with Gasteiger partial charge in [0.25, 0.3) is 0 Å². The lowest BCUT2D eigenvalue weighted by Gasteiger charge is -2.10. The molecule has 19 heavy (non-hydrogen) atoms. The van der Waals surface area contributed by atoms with Gasteiger partial charge in [-0.15, -0.1) is 0 Å². The maximum absolute atomic E-state index is 13.9. The fourth-order valence-corrected chi connectivity index (χ4v) is 1.98. The molecule has 2 aromatic rings. The van der Waals surface area contributed by atoms with Crippen LogP contribution in [0.25, 0.3) is 5.69 Å². The third-order valence-corrected chi connectivity index (χ3v) is 2.91. The van der Waals surface area contributed by atoms with Gasteiger partial charge in [0.15, 0.2) is 0 Å². The molecule has 0 atom stereocenters. The van der Waals surface area contributed by atoms with E-state index in [1.807, 2.05) is 0 Å². The highest BCUT2D eigenvalue weighted by Crippen LogP contribution is 2.23. The zero-order valence-electron chi connectivity index (χ0n) is 10.9. The lowest BCUT2D eigenvalue weighted by Crippen LogP contribution is -2.21.